The van der Waals surface area contributed by atoms with E-state index < -0.39 is 36.3 Å². The van der Waals surface area contributed by atoms with Crippen LogP contribution in [0.25, 0.3) is 0 Å². The van der Waals surface area contributed by atoms with Crippen LogP contribution >= 0.6 is 0 Å². The normalized spacial score (nSPS) is 16.4. The molecule has 2 atom stereocenters. The molecule has 0 radical (unpaired) electrons. The van der Waals surface area contributed by atoms with E-state index in [1.54, 1.807) is 36.4 Å². The van der Waals surface area contributed by atoms with Crippen LogP contribution in [0.2, 0.25) is 0 Å². The predicted octanol–water partition coefficient (Wildman–Crippen LogP) is 0.895. The van der Waals surface area contributed by atoms with Gasteiger partial charge in [-0.3, -0.25) is 28.9 Å². The maximum Gasteiger partial charge on any atom is 0.251 e. The van der Waals surface area contributed by atoms with Crippen molar-refractivity contribution in [2.24, 2.45) is 0 Å². The van der Waals surface area contributed by atoms with Crippen molar-refractivity contribution in [3.8, 4) is 11.5 Å². The third-order valence-corrected chi connectivity index (χ3v) is 6.51. The molecule has 210 valence electrons. The van der Waals surface area contributed by atoms with Crippen LogP contribution < -0.4 is 29.9 Å². The molecule has 2 N–H and O–H groups in total. The lowest BCUT2D eigenvalue weighted by Gasteiger charge is -2.25. The molecule has 2 aromatic rings. The number of benzene rings is 2. The summed E-state index contributed by atoms with van der Waals surface area (Å²) in [6, 6.07) is 9.77. The van der Waals surface area contributed by atoms with Crippen LogP contribution in [0, 0.1) is 0 Å². The summed E-state index contributed by atoms with van der Waals surface area (Å²) in [6.45, 7) is 2.15. The number of para-hydroxylation sites is 2. The third kappa shape index (κ3) is 6.63. The van der Waals surface area contributed by atoms with E-state index in [1.807, 2.05) is 6.07 Å². The molecule has 0 saturated carbocycles. The molecule has 0 bridgehead atoms. The highest BCUT2D eigenvalue weighted by Gasteiger charge is 2.37. The van der Waals surface area contributed by atoms with Gasteiger partial charge in [0.15, 0.2) is 11.5 Å². The van der Waals surface area contributed by atoms with Crippen molar-refractivity contribution >= 4 is 47.1 Å². The van der Waals surface area contributed by atoms with Crippen molar-refractivity contribution < 1.29 is 38.2 Å². The highest BCUT2D eigenvalue weighted by molar-refractivity contribution is 6.09. The lowest BCUT2D eigenvalue weighted by atomic mass is 10.1. The molecule has 2 heterocycles. The van der Waals surface area contributed by atoms with Gasteiger partial charge in [-0.15, -0.1) is 0 Å². The van der Waals surface area contributed by atoms with Crippen LogP contribution in [0.3, 0.4) is 0 Å². The second kappa shape index (κ2) is 12.4. The molecule has 0 saturated heterocycles. The minimum Gasteiger partial charge on any atom is -0.454 e. The van der Waals surface area contributed by atoms with Gasteiger partial charge in [-0.2, -0.15) is 0 Å². The van der Waals surface area contributed by atoms with E-state index in [0.29, 0.717) is 35.6 Å². The zero-order chi connectivity index (χ0) is 28.8. The molecule has 4 rings (SSSR count). The van der Waals surface area contributed by atoms with Gasteiger partial charge >= 0.3 is 0 Å². The number of ketones is 1. The molecule has 2 aromatic carbocycles. The smallest absolute Gasteiger partial charge is 0.251 e. The summed E-state index contributed by atoms with van der Waals surface area (Å²) in [5, 5.41) is 5.17. The largest absolute Gasteiger partial charge is 0.454 e. The second-order valence-corrected chi connectivity index (χ2v) is 9.57. The lowest BCUT2D eigenvalue weighted by molar-refractivity contribution is -0.129. The van der Waals surface area contributed by atoms with Crippen molar-refractivity contribution in [1.82, 2.24) is 10.6 Å². The minimum atomic E-state index is -1.15. The molecule has 0 aliphatic carbocycles. The fourth-order valence-corrected chi connectivity index (χ4v) is 4.61. The van der Waals surface area contributed by atoms with Gasteiger partial charge in [-0.05, 0) is 43.2 Å². The predicted molar refractivity (Wildman–Crippen MR) is 143 cm³/mol. The van der Waals surface area contributed by atoms with E-state index in [2.05, 4.69) is 10.6 Å². The number of fused-ring (bicyclic) bond motifs is 2. The number of carbonyl (C=O) groups is 6. The van der Waals surface area contributed by atoms with Crippen LogP contribution in [0.15, 0.2) is 42.5 Å². The number of ether oxygens (including phenoxy) is 2. The van der Waals surface area contributed by atoms with Crippen LogP contribution in [0.1, 0.15) is 32.3 Å². The molecule has 40 heavy (non-hydrogen) atoms. The summed E-state index contributed by atoms with van der Waals surface area (Å²) in [5.41, 5.74) is 1.53. The van der Waals surface area contributed by atoms with E-state index >= 15 is 0 Å². The number of amides is 4. The Bertz CT molecular complexity index is 1340. The number of aryl methyl sites for hydroxylation is 1. The van der Waals surface area contributed by atoms with E-state index in [9.17, 15) is 28.8 Å². The summed E-state index contributed by atoms with van der Waals surface area (Å²) in [7, 11) is 0. The first-order valence-electron chi connectivity index (χ1n) is 12.8. The zero-order valence-corrected chi connectivity index (χ0v) is 22.2. The number of hydrogen-bond acceptors (Lipinski definition) is 8. The number of nitrogens with zero attached hydrogens (tertiary/aromatic N) is 2. The summed E-state index contributed by atoms with van der Waals surface area (Å²) in [4.78, 5) is 77.4. The molecule has 4 amide bonds. The molecule has 1 unspecified atom stereocenters. The SMILES string of the molecule is CC(=O)C[C@@H](C=O)NC(=O)CN1C(=O)C(NC(=O)CCc2ccc3c(c2)OCO3)CN(C(C)=O)c2ccccc21. The second-order valence-electron chi connectivity index (χ2n) is 9.57. The van der Waals surface area contributed by atoms with E-state index in [-0.39, 0.29) is 37.9 Å². The Hall–Kier alpha value is -4.74. The summed E-state index contributed by atoms with van der Waals surface area (Å²) in [6.07, 6.45) is 0.705. The average Bonchev–Trinajstić information content (AvgIpc) is 3.36. The van der Waals surface area contributed by atoms with Gasteiger partial charge in [0.2, 0.25) is 24.5 Å². The first kappa shape index (κ1) is 28.3. The van der Waals surface area contributed by atoms with Gasteiger partial charge < -0.3 is 29.8 Å². The van der Waals surface area contributed by atoms with Crippen LogP contribution in [0.4, 0.5) is 11.4 Å². The number of rotatable bonds is 10. The van der Waals surface area contributed by atoms with Gasteiger partial charge in [0.1, 0.15) is 24.7 Å². The molecule has 0 fully saturated rings. The van der Waals surface area contributed by atoms with Crippen LogP contribution in [-0.4, -0.2) is 67.7 Å². The Morgan fingerprint density at radius 1 is 1.02 bits per heavy atom. The Kier molecular flexibility index (Phi) is 8.77. The first-order chi connectivity index (χ1) is 19.2. The Morgan fingerprint density at radius 2 is 1.75 bits per heavy atom. The standard InChI is InChI=1S/C28H30N4O8/c1-17(34)11-20(15-33)29-27(37)14-32-23-6-4-3-5-22(23)31(18(2)35)13-21(28(32)38)30-26(36)10-8-19-7-9-24-25(12-19)40-16-39-24/h3-7,9,12,15,20-21H,8,10-11,13-14,16H2,1-2H3,(H,29,37)(H,30,36)/t20-,21?/m0/s1. The Labute approximate surface area is 230 Å². The monoisotopic (exact) mass is 550 g/mol. The fourth-order valence-electron chi connectivity index (χ4n) is 4.61. The number of anilines is 2. The molecule has 0 aromatic heterocycles. The molecular formula is C28H30N4O8. The first-order valence-corrected chi connectivity index (χ1v) is 12.8. The Balaban J connectivity index is 1.52. The number of hydrogen-bond donors (Lipinski definition) is 2. The molecule has 12 heteroatoms. The van der Waals surface area contributed by atoms with Gasteiger partial charge in [0, 0.05) is 19.8 Å². The van der Waals surface area contributed by atoms with Crippen molar-refractivity contribution in [3.63, 3.8) is 0 Å². The van der Waals surface area contributed by atoms with Gasteiger partial charge in [0.05, 0.1) is 24.0 Å². The summed E-state index contributed by atoms with van der Waals surface area (Å²) in [5.74, 6) is -1.10. The van der Waals surface area contributed by atoms with Crippen molar-refractivity contribution in [1.29, 1.82) is 0 Å². The number of aldehydes is 1. The van der Waals surface area contributed by atoms with Gasteiger partial charge in [0.25, 0.3) is 5.91 Å². The third-order valence-electron chi connectivity index (χ3n) is 6.51. The molecule has 2 aliphatic heterocycles. The minimum absolute atomic E-state index is 0.0585. The van der Waals surface area contributed by atoms with E-state index in [4.69, 9.17) is 9.47 Å². The molecule has 2 aliphatic rings. The maximum absolute atomic E-state index is 13.7. The maximum atomic E-state index is 13.7. The van der Waals surface area contributed by atoms with Gasteiger partial charge in [-0.25, -0.2) is 0 Å². The molecule has 0 spiro atoms. The lowest BCUT2D eigenvalue weighted by Crippen LogP contribution is -2.54. The number of Topliss-reactive ketones (excluding diaryl/α,β-unsaturated/α-hetero) is 1. The Morgan fingerprint density at radius 3 is 2.45 bits per heavy atom. The van der Waals surface area contributed by atoms with Crippen molar-refractivity contribution in [2.45, 2.75) is 45.2 Å². The summed E-state index contributed by atoms with van der Waals surface area (Å²) >= 11 is 0. The van der Waals surface area contributed by atoms with E-state index in [0.717, 1.165) is 5.56 Å². The van der Waals surface area contributed by atoms with Crippen LogP contribution in [0.5, 0.6) is 11.5 Å². The van der Waals surface area contributed by atoms with Gasteiger partial charge in [-0.1, -0.05) is 18.2 Å². The number of carbonyl (C=O) groups excluding carboxylic acids is 6. The highest BCUT2D eigenvalue weighted by atomic mass is 16.7. The van der Waals surface area contributed by atoms with Crippen molar-refractivity contribution in [2.75, 3.05) is 29.7 Å². The van der Waals surface area contributed by atoms with Crippen LogP contribution in [-0.2, 0) is 35.2 Å². The zero-order valence-electron chi connectivity index (χ0n) is 22.2. The topological polar surface area (TPSA) is 151 Å². The highest BCUT2D eigenvalue weighted by Crippen LogP contribution is 2.34. The van der Waals surface area contributed by atoms with Crippen molar-refractivity contribution in [3.05, 3.63) is 48.0 Å². The summed E-state index contributed by atoms with van der Waals surface area (Å²) < 4.78 is 10.7. The molecule has 12 nitrogen and oxygen atoms in total. The quantitative estimate of drug-likeness (QED) is 0.414. The van der Waals surface area contributed by atoms with E-state index in [1.165, 1.54) is 23.6 Å². The average molecular weight is 551 g/mol. The fraction of sp³-hybridized carbons (Fsp3) is 0.357. The number of nitrogens with one attached hydrogen (secondary N) is 2. The molecular weight excluding hydrogens is 520 g/mol.